The van der Waals surface area contributed by atoms with E-state index in [2.05, 4.69) is 43.2 Å². The third-order valence-corrected chi connectivity index (χ3v) is 5.15. The molecule has 5 aromatic rings. The quantitative estimate of drug-likeness (QED) is 0.466. The standard InChI is InChI=1S/C23H21N7O/c1-28-15-19(14-26-28)18-4-5-20-6-7-22(29(20)16-18)30-12-9-21(27-30)23(31)25-11-8-17-3-2-10-24-13-17/h2-7,9-10,12-16H,8,11H2,1H3,(H,25,31). The predicted molar refractivity (Wildman–Crippen MR) is 117 cm³/mol. The molecule has 0 atom stereocenters. The molecule has 1 N–H and O–H groups in total. The van der Waals surface area contributed by atoms with Gasteiger partial charge in [-0.3, -0.25) is 14.5 Å². The number of aryl methyl sites for hydroxylation is 1. The molecule has 0 bridgehead atoms. The lowest BCUT2D eigenvalue weighted by atomic mass is 10.1. The summed E-state index contributed by atoms with van der Waals surface area (Å²) in [5, 5.41) is 11.7. The SMILES string of the molecule is Cn1cc(-c2ccc3ccc(-n4ccc(C(=O)NCCc5cccnc5)n4)n3c2)cn1. The van der Waals surface area contributed by atoms with Crippen molar-refractivity contribution in [2.45, 2.75) is 6.42 Å². The number of fused-ring (bicyclic) bond motifs is 1. The van der Waals surface area contributed by atoms with Crippen molar-refractivity contribution < 1.29 is 4.79 Å². The van der Waals surface area contributed by atoms with Crippen molar-refractivity contribution in [1.82, 2.24) is 34.3 Å². The van der Waals surface area contributed by atoms with Gasteiger partial charge in [-0.2, -0.15) is 10.2 Å². The highest BCUT2D eigenvalue weighted by Crippen LogP contribution is 2.22. The van der Waals surface area contributed by atoms with E-state index < -0.39 is 0 Å². The van der Waals surface area contributed by atoms with Crippen LogP contribution in [0.15, 0.2) is 79.6 Å². The third-order valence-electron chi connectivity index (χ3n) is 5.15. The Balaban J connectivity index is 1.34. The molecule has 0 radical (unpaired) electrons. The summed E-state index contributed by atoms with van der Waals surface area (Å²) in [5.74, 6) is 0.662. The molecule has 5 aromatic heterocycles. The summed E-state index contributed by atoms with van der Waals surface area (Å²) < 4.78 is 5.55. The van der Waals surface area contributed by atoms with E-state index in [0.717, 1.165) is 34.4 Å². The molecule has 0 fully saturated rings. The lowest BCUT2D eigenvalue weighted by Gasteiger charge is -2.06. The van der Waals surface area contributed by atoms with Crippen LogP contribution in [0.4, 0.5) is 0 Å². The molecule has 8 nitrogen and oxygen atoms in total. The Morgan fingerprint density at radius 3 is 2.74 bits per heavy atom. The predicted octanol–water partition coefficient (Wildman–Crippen LogP) is 2.89. The average molecular weight is 411 g/mol. The Morgan fingerprint density at radius 2 is 1.94 bits per heavy atom. The lowest BCUT2D eigenvalue weighted by Crippen LogP contribution is -2.26. The van der Waals surface area contributed by atoms with Crippen LogP contribution in [0.3, 0.4) is 0 Å². The van der Waals surface area contributed by atoms with Gasteiger partial charge in [0.05, 0.1) is 6.20 Å². The Kier molecular flexibility index (Phi) is 4.80. The number of nitrogens with zero attached hydrogens (tertiary/aromatic N) is 6. The van der Waals surface area contributed by atoms with Gasteiger partial charge in [-0.05, 0) is 42.3 Å². The second kappa shape index (κ2) is 7.91. The molecule has 1 amide bonds. The minimum Gasteiger partial charge on any atom is -0.350 e. The number of hydrogen-bond donors (Lipinski definition) is 1. The van der Waals surface area contributed by atoms with Crippen molar-refractivity contribution in [3.8, 4) is 16.9 Å². The molecule has 0 aliphatic carbocycles. The van der Waals surface area contributed by atoms with Crippen LogP contribution in [0.25, 0.3) is 22.5 Å². The smallest absolute Gasteiger partial charge is 0.271 e. The molecule has 5 rings (SSSR count). The maximum atomic E-state index is 12.5. The van der Waals surface area contributed by atoms with E-state index in [1.807, 2.05) is 43.7 Å². The fourth-order valence-corrected chi connectivity index (χ4v) is 3.54. The van der Waals surface area contributed by atoms with Gasteiger partial charge in [-0.15, -0.1) is 0 Å². The highest BCUT2D eigenvalue weighted by Gasteiger charge is 2.12. The Morgan fingerprint density at radius 1 is 1.03 bits per heavy atom. The number of pyridine rings is 2. The summed E-state index contributed by atoms with van der Waals surface area (Å²) in [6, 6.07) is 13.7. The van der Waals surface area contributed by atoms with Crippen LogP contribution in [0.5, 0.6) is 0 Å². The van der Waals surface area contributed by atoms with Crippen LogP contribution < -0.4 is 5.32 Å². The second-order valence-electron chi connectivity index (χ2n) is 7.32. The molecule has 0 saturated heterocycles. The van der Waals surface area contributed by atoms with Gasteiger partial charge in [-0.25, -0.2) is 4.68 Å². The maximum Gasteiger partial charge on any atom is 0.271 e. The first kappa shape index (κ1) is 18.8. The number of nitrogens with one attached hydrogen (secondary N) is 1. The fraction of sp³-hybridized carbons (Fsp3) is 0.130. The van der Waals surface area contributed by atoms with Gasteiger partial charge in [0, 0.05) is 61.2 Å². The molecule has 31 heavy (non-hydrogen) atoms. The van der Waals surface area contributed by atoms with E-state index in [1.165, 1.54) is 0 Å². The number of amides is 1. The van der Waals surface area contributed by atoms with E-state index in [1.54, 1.807) is 34.0 Å². The van der Waals surface area contributed by atoms with Crippen LogP contribution in [0.1, 0.15) is 16.1 Å². The first-order valence-electron chi connectivity index (χ1n) is 10.0. The maximum absolute atomic E-state index is 12.5. The zero-order valence-electron chi connectivity index (χ0n) is 17.0. The molecule has 0 saturated carbocycles. The fourth-order valence-electron chi connectivity index (χ4n) is 3.54. The minimum atomic E-state index is -0.195. The molecule has 8 heteroatoms. The van der Waals surface area contributed by atoms with Crippen molar-refractivity contribution >= 4 is 11.4 Å². The Hall–Kier alpha value is -4.20. The first-order chi connectivity index (χ1) is 15.2. The number of hydrogen-bond acceptors (Lipinski definition) is 4. The van der Waals surface area contributed by atoms with Crippen LogP contribution in [-0.2, 0) is 13.5 Å². The van der Waals surface area contributed by atoms with Crippen molar-refractivity contribution in [3.05, 3.63) is 90.9 Å². The Bertz CT molecular complexity index is 1350. The van der Waals surface area contributed by atoms with E-state index in [4.69, 9.17) is 0 Å². The van der Waals surface area contributed by atoms with Crippen molar-refractivity contribution in [3.63, 3.8) is 0 Å². The van der Waals surface area contributed by atoms with Crippen LogP contribution in [0.2, 0.25) is 0 Å². The van der Waals surface area contributed by atoms with E-state index >= 15 is 0 Å². The molecule has 0 aliphatic rings. The van der Waals surface area contributed by atoms with Gasteiger partial charge in [0.25, 0.3) is 5.91 Å². The summed E-state index contributed by atoms with van der Waals surface area (Å²) in [6.07, 6.45) is 11.9. The average Bonchev–Trinajstić information content (AvgIpc) is 3.53. The highest BCUT2D eigenvalue weighted by molar-refractivity contribution is 5.92. The first-order valence-corrected chi connectivity index (χ1v) is 10.0. The number of rotatable bonds is 6. The summed E-state index contributed by atoms with van der Waals surface area (Å²) in [6.45, 7) is 0.528. The molecule has 0 unspecified atom stereocenters. The van der Waals surface area contributed by atoms with Gasteiger partial charge in [-0.1, -0.05) is 12.1 Å². The molecular formula is C23H21N7O. The molecule has 0 aliphatic heterocycles. The molecule has 5 heterocycles. The molecule has 154 valence electrons. The normalized spacial score (nSPS) is 11.1. The lowest BCUT2D eigenvalue weighted by molar-refractivity contribution is 0.0948. The number of aromatic nitrogens is 6. The van der Waals surface area contributed by atoms with Gasteiger partial charge in [0.2, 0.25) is 0 Å². The largest absolute Gasteiger partial charge is 0.350 e. The van der Waals surface area contributed by atoms with Gasteiger partial charge >= 0.3 is 0 Å². The summed E-state index contributed by atoms with van der Waals surface area (Å²) >= 11 is 0. The molecule has 0 spiro atoms. The second-order valence-corrected chi connectivity index (χ2v) is 7.32. The highest BCUT2D eigenvalue weighted by atomic mass is 16.1. The number of carbonyl (C=O) groups excluding carboxylic acids is 1. The third kappa shape index (κ3) is 3.83. The van der Waals surface area contributed by atoms with Gasteiger partial charge in [0.1, 0.15) is 5.82 Å². The topological polar surface area (TPSA) is 82.0 Å². The summed E-state index contributed by atoms with van der Waals surface area (Å²) in [5.41, 5.74) is 4.60. The Labute approximate surface area is 178 Å². The zero-order chi connectivity index (χ0) is 21.2. The summed E-state index contributed by atoms with van der Waals surface area (Å²) in [7, 11) is 1.90. The van der Waals surface area contributed by atoms with Gasteiger partial charge < -0.3 is 9.72 Å². The van der Waals surface area contributed by atoms with Crippen LogP contribution in [0, 0.1) is 0 Å². The van der Waals surface area contributed by atoms with Crippen LogP contribution in [-0.4, -0.2) is 41.4 Å². The monoisotopic (exact) mass is 411 g/mol. The summed E-state index contributed by atoms with van der Waals surface area (Å²) in [4.78, 5) is 16.6. The number of carbonyl (C=O) groups is 1. The molecular weight excluding hydrogens is 390 g/mol. The van der Waals surface area contributed by atoms with Crippen molar-refractivity contribution in [2.24, 2.45) is 7.05 Å². The zero-order valence-corrected chi connectivity index (χ0v) is 17.0. The van der Waals surface area contributed by atoms with Gasteiger partial charge in [0.15, 0.2) is 5.69 Å². The van der Waals surface area contributed by atoms with Crippen LogP contribution >= 0.6 is 0 Å². The van der Waals surface area contributed by atoms with E-state index in [0.29, 0.717) is 12.2 Å². The van der Waals surface area contributed by atoms with E-state index in [-0.39, 0.29) is 5.91 Å². The van der Waals surface area contributed by atoms with Crippen molar-refractivity contribution in [2.75, 3.05) is 6.54 Å². The van der Waals surface area contributed by atoms with Crippen molar-refractivity contribution in [1.29, 1.82) is 0 Å². The van der Waals surface area contributed by atoms with E-state index in [9.17, 15) is 4.79 Å². The molecule has 0 aromatic carbocycles. The minimum absolute atomic E-state index is 0.195.